The average Bonchev–Trinajstić information content (AvgIpc) is 2.08. The van der Waals surface area contributed by atoms with E-state index in [-0.39, 0.29) is 16.4 Å². The van der Waals surface area contributed by atoms with Gasteiger partial charge in [-0.2, -0.15) is 0 Å². The minimum Gasteiger partial charge on any atom is -0.321 e. The zero-order valence-corrected chi connectivity index (χ0v) is 7.23. The first-order chi connectivity index (χ1) is 6.16. The lowest BCUT2D eigenvalue weighted by Crippen LogP contribution is -2.05. The average molecular weight is 198 g/mol. The minimum atomic E-state index is -0.360. The molecule has 0 unspecified atom stereocenters. The molecule has 0 spiro atoms. The highest BCUT2D eigenvalue weighted by atomic mass is 35.5. The number of aromatic amines is 1. The van der Waals surface area contributed by atoms with Gasteiger partial charge in [-0.25, -0.2) is 4.39 Å². The third-order valence-corrected chi connectivity index (χ3v) is 2.04. The maximum absolute atomic E-state index is 12.7. The predicted octanol–water partition coefficient (Wildman–Crippen LogP) is 2.32. The van der Waals surface area contributed by atoms with Crippen LogP contribution >= 0.6 is 11.6 Å². The SMILES string of the molecule is O=c1[nH]c2ccc(F)cc2cc1Cl. The summed E-state index contributed by atoms with van der Waals surface area (Å²) >= 11 is 5.57. The summed E-state index contributed by atoms with van der Waals surface area (Å²) in [6, 6.07) is 5.55. The molecular weight excluding hydrogens is 193 g/mol. The number of aromatic nitrogens is 1. The lowest BCUT2D eigenvalue weighted by Gasteiger charge is -1.97. The number of hydrogen-bond acceptors (Lipinski definition) is 1. The highest BCUT2D eigenvalue weighted by Gasteiger charge is 2.00. The van der Waals surface area contributed by atoms with Crippen molar-refractivity contribution in [3.63, 3.8) is 0 Å². The monoisotopic (exact) mass is 197 g/mol. The number of nitrogens with one attached hydrogen (secondary N) is 1. The molecule has 1 aromatic carbocycles. The molecule has 2 nitrogen and oxygen atoms in total. The van der Waals surface area contributed by atoms with Crippen molar-refractivity contribution in [3.8, 4) is 0 Å². The van der Waals surface area contributed by atoms with Gasteiger partial charge >= 0.3 is 0 Å². The zero-order chi connectivity index (χ0) is 9.42. The molecule has 0 saturated heterocycles. The second-order valence-corrected chi connectivity index (χ2v) is 3.09. The maximum Gasteiger partial charge on any atom is 0.267 e. The highest BCUT2D eigenvalue weighted by molar-refractivity contribution is 6.31. The first-order valence-electron chi connectivity index (χ1n) is 3.65. The summed E-state index contributed by atoms with van der Waals surface area (Å²) in [6.45, 7) is 0. The van der Waals surface area contributed by atoms with Crippen molar-refractivity contribution in [3.05, 3.63) is 45.5 Å². The molecule has 0 atom stereocenters. The van der Waals surface area contributed by atoms with Crippen LogP contribution in [-0.2, 0) is 0 Å². The van der Waals surface area contributed by atoms with Crippen molar-refractivity contribution in [2.45, 2.75) is 0 Å². The van der Waals surface area contributed by atoms with E-state index in [0.29, 0.717) is 10.9 Å². The van der Waals surface area contributed by atoms with Gasteiger partial charge in [0.25, 0.3) is 5.56 Å². The molecule has 0 fully saturated rings. The van der Waals surface area contributed by atoms with Crippen LogP contribution in [0.1, 0.15) is 0 Å². The van der Waals surface area contributed by atoms with Gasteiger partial charge in [0.15, 0.2) is 0 Å². The first-order valence-corrected chi connectivity index (χ1v) is 4.03. The lowest BCUT2D eigenvalue weighted by atomic mass is 10.2. The Morgan fingerprint density at radius 1 is 1.31 bits per heavy atom. The van der Waals surface area contributed by atoms with Crippen molar-refractivity contribution in [1.29, 1.82) is 0 Å². The Labute approximate surface area is 78.0 Å². The minimum absolute atomic E-state index is 0.0677. The van der Waals surface area contributed by atoms with Crippen molar-refractivity contribution < 1.29 is 4.39 Å². The van der Waals surface area contributed by atoms with Crippen LogP contribution in [0.3, 0.4) is 0 Å². The Bertz CT molecular complexity index is 520. The van der Waals surface area contributed by atoms with Crippen LogP contribution in [0.2, 0.25) is 5.02 Å². The molecule has 66 valence electrons. The predicted molar refractivity (Wildman–Crippen MR) is 49.5 cm³/mol. The van der Waals surface area contributed by atoms with E-state index in [4.69, 9.17) is 11.6 Å². The Morgan fingerprint density at radius 2 is 2.08 bits per heavy atom. The second kappa shape index (κ2) is 2.85. The molecule has 2 aromatic rings. The third kappa shape index (κ3) is 1.42. The fourth-order valence-corrected chi connectivity index (χ4v) is 1.32. The van der Waals surface area contributed by atoms with Crippen molar-refractivity contribution in [1.82, 2.24) is 4.98 Å². The molecule has 0 saturated carbocycles. The molecule has 0 aliphatic carbocycles. The number of fused-ring (bicyclic) bond motifs is 1. The number of pyridine rings is 1. The van der Waals surface area contributed by atoms with Gasteiger partial charge in [-0.3, -0.25) is 4.79 Å². The third-order valence-electron chi connectivity index (χ3n) is 1.76. The van der Waals surface area contributed by atoms with E-state index >= 15 is 0 Å². The van der Waals surface area contributed by atoms with Crippen LogP contribution in [0.25, 0.3) is 10.9 Å². The summed E-state index contributed by atoms with van der Waals surface area (Å²) in [5, 5.41) is 0.655. The van der Waals surface area contributed by atoms with Gasteiger partial charge in [0, 0.05) is 10.9 Å². The van der Waals surface area contributed by atoms with Crippen LogP contribution in [-0.4, -0.2) is 4.98 Å². The van der Waals surface area contributed by atoms with E-state index in [1.165, 1.54) is 24.3 Å². The maximum atomic E-state index is 12.7. The van der Waals surface area contributed by atoms with Crippen LogP contribution < -0.4 is 5.56 Å². The van der Waals surface area contributed by atoms with E-state index < -0.39 is 0 Å². The fraction of sp³-hybridized carbons (Fsp3) is 0. The molecule has 4 heteroatoms. The topological polar surface area (TPSA) is 32.9 Å². The van der Waals surface area contributed by atoms with E-state index in [0.717, 1.165) is 0 Å². The number of rotatable bonds is 0. The van der Waals surface area contributed by atoms with Crippen LogP contribution in [0.15, 0.2) is 29.1 Å². The quantitative estimate of drug-likeness (QED) is 0.691. The largest absolute Gasteiger partial charge is 0.321 e. The van der Waals surface area contributed by atoms with Gasteiger partial charge < -0.3 is 4.98 Å². The van der Waals surface area contributed by atoms with Crippen molar-refractivity contribution >= 4 is 22.5 Å². The normalized spacial score (nSPS) is 10.6. The molecule has 0 amide bonds. The number of H-pyrrole nitrogens is 1. The Kier molecular flexibility index (Phi) is 1.81. The Balaban J connectivity index is 2.89. The van der Waals surface area contributed by atoms with Gasteiger partial charge in [0.05, 0.1) is 0 Å². The van der Waals surface area contributed by atoms with Gasteiger partial charge in [0.1, 0.15) is 10.8 Å². The number of hydrogen-bond donors (Lipinski definition) is 1. The van der Waals surface area contributed by atoms with Gasteiger partial charge in [-0.05, 0) is 24.3 Å². The van der Waals surface area contributed by atoms with E-state index in [1.807, 2.05) is 0 Å². The fourth-order valence-electron chi connectivity index (χ4n) is 1.15. The molecule has 0 bridgehead atoms. The summed E-state index contributed by atoms with van der Waals surface area (Å²) in [7, 11) is 0. The van der Waals surface area contributed by atoms with Crippen molar-refractivity contribution in [2.75, 3.05) is 0 Å². The molecular formula is C9H5ClFNO. The van der Waals surface area contributed by atoms with Gasteiger partial charge in [-0.1, -0.05) is 11.6 Å². The van der Waals surface area contributed by atoms with E-state index in [9.17, 15) is 9.18 Å². The molecule has 13 heavy (non-hydrogen) atoms. The standard InChI is InChI=1S/C9H5ClFNO/c10-7-4-5-3-6(11)1-2-8(5)12-9(7)13/h1-4H,(H,12,13). The summed E-state index contributed by atoms with van der Waals surface area (Å²) in [5.74, 6) is -0.351. The second-order valence-electron chi connectivity index (χ2n) is 2.68. The number of halogens is 2. The molecule has 1 aromatic heterocycles. The Morgan fingerprint density at radius 3 is 2.85 bits per heavy atom. The van der Waals surface area contributed by atoms with Crippen LogP contribution in [0.4, 0.5) is 4.39 Å². The molecule has 2 rings (SSSR count). The molecule has 0 radical (unpaired) electrons. The molecule has 0 aliphatic heterocycles. The molecule has 0 aliphatic rings. The summed E-state index contributed by atoms with van der Waals surface area (Å²) < 4.78 is 12.7. The smallest absolute Gasteiger partial charge is 0.267 e. The summed E-state index contributed by atoms with van der Waals surface area (Å²) in [5.41, 5.74) is 0.219. The summed E-state index contributed by atoms with van der Waals surface area (Å²) in [6.07, 6.45) is 0. The highest BCUT2D eigenvalue weighted by Crippen LogP contribution is 2.14. The number of benzene rings is 1. The zero-order valence-electron chi connectivity index (χ0n) is 6.47. The lowest BCUT2D eigenvalue weighted by molar-refractivity contribution is 0.629. The van der Waals surface area contributed by atoms with Crippen LogP contribution in [0.5, 0.6) is 0 Å². The first kappa shape index (κ1) is 8.26. The van der Waals surface area contributed by atoms with Gasteiger partial charge in [-0.15, -0.1) is 0 Å². The van der Waals surface area contributed by atoms with Crippen molar-refractivity contribution in [2.24, 2.45) is 0 Å². The van der Waals surface area contributed by atoms with Crippen LogP contribution in [0, 0.1) is 5.82 Å². The van der Waals surface area contributed by atoms with Gasteiger partial charge in [0.2, 0.25) is 0 Å². The molecule has 1 N–H and O–H groups in total. The molecule has 1 heterocycles. The van der Waals surface area contributed by atoms with E-state index in [1.54, 1.807) is 0 Å². The van der Waals surface area contributed by atoms with E-state index in [2.05, 4.69) is 4.98 Å². The Hall–Kier alpha value is -1.35. The summed E-state index contributed by atoms with van der Waals surface area (Å²) in [4.78, 5) is 13.6.